The second-order valence-electron chi connectivity index (χ2n) is 5.88. The summed E-state index contributed by atoms with van der Waals surface area (Å²) in [6.45, 7) is 3.18. The van der Waals surface area contributed by atoms with Gasteiger partial charge in [-0.1, -0.05) is 12.1 Å². The molecule has 2 N–H and O–H groups in total. The summed E-state index contributed by atoms with van der Waals surface area (Å²) in [5, 5.41) is 20.9. The molecule has 26 heavy (non-hydrogen) atoms. The van der Waals surface area contributed by atoms with Crippen molar-refractivity contribution in [1.29, 1.82) is 5.26 Å². The van der Waals surface area contributed by atoms with Crippen molar-refractivity contribution in [3.63, 3.8) is 0 Å². The maximum atomic E-state index is 12.4. The molecule has 8 nitrogen and oxygen atoms in total. The fourth-order valence-electron chi connectivity index (χ4n) is 2.59. The fraction of sp³-hybridized carbons (Fsp3) is 0.333. The lowest BCUT2D eigenvalue weighted by Crippen LogP contribution is -2.50. The molecule has 1 aromatic carbocycles. The van der Waals surface area contributed by atoms with E-state index >= 15 is 0 Å². The first-order valence-corrected chi connectivity index (χ1v) is 8.13. The number of amides is 2. The number of piperazine rings is 1. The van der Waals surface area contributed by atoms with E-state index in [0.717, 1.165) is 0 Å². The van der Waals surface area contributed by atoms with Crippen LogP contribution in [-0.4, -0.2) is 58.9 Å². The molecule has 1 aliphatic heterocycles. The Balaban J connectivity index is 1.97. The van der Waals surface area contributed by atoms with Crippen molar-refractivity contribution >= 4 is 23.5 Å². The zero-order valence-corrected chi connectivity index (χ0v) is 14.4. The van der Waals surface area contributed by atoms with E-state index in [2.05, 4.69) is 5.32 Å². The van der Waals surface area contributed by atoms with Crippen LogP contribution in [0.4, 0.5) is 5.69 Å². The van der Waals surface area contributed by atoms with Crippen molar-refractivity contribution in [1.82, 2.24) is 9.80 Å². The highest BCUT2D eigenvalue weighted by Crippen LogP contribution is 2.12. The second-order valence-corrected chi connectivity index (χ2v) is 5.88. The minimum absolute atomic E-state index is 0.0267. The highest BCUT2D eigenvalue weighted by atomic mass is 16.4. The quantitative estimate of drug-likeness (QED) is 0.596. The molecule has 136 valence electrons. The lowest BCUT2D eigenvalue weighted by Gasteiger charge is -2.34. The minimum Gasteiger partial charge on any atom is -0.481 e. The topological polar surface area (TPSA) is 114 Å². The summed E-state index contributed by atoms with van der Waals surface area (Å²) in [4.78, 5) is 37.6. The first-order chi connectivity index (χ1) is 12.4. The molecule has 1 aliphatic rings. The van der Waals surface area contributed by atoms with Gasteiger partial charge in [0.25, 0.3) is 5.91 Å². The lowest BCUT2D eigenvalue weighted by atomic mass is 10.1. The van der Waals surface area contributed by atoms with Crippen molar-refractivity contribution in [2.24, 2.45) is 0 Å². The third-order valence-electron chi connectivity index (χ3n) is 4.06. The van der Waals surface area contributed by atoms with E-state index in [4.69, 9.17) is 5.11 Å². The Morgan fingerprint density at radius 1 is 1.15 bits per heavy atom. The SMILES string of the molecule is CC(=O)N1CCN(C(=O)/C(C#N)=C\Nc2ccc(CC(=O)O)cc2)CC1. The highest BCUT2D eigenvalue weighted by Gasteiger charge is 2.24. The predicted molar refractivity (Wildman–Crippen MR) is 93.9 cm³/mol. The first kappa shape index (κ1) is 19.0. The van der Waals surface area contributed by atoms with Crippen LogP contribution >= 0.6 is 0 Å². The fourth-order valence-corrected chi connectivity index (χ4v) is 2.59. The number of hydrogen-bond acceptors (Lipinski definition) is 5. The number of carboxylic acid groups (broad SMARTS) is 1. The number of aliphatic carboxylic acids is 1. The van der Waals surface area contributed by atoms with Gasteiger partial charge in [-0.15, -0.1) is 0 Å². The molecule has 0 radical (unpaired) electrons. The molecule has 2 amide bonds. The summed E-state index contributed by atoms with van der Waals surface area (Å²) in [6, 6.07) is 8.58. The number of anilines is 1. The lowest BCUT2D eigenvalue weighted by molar-refractivity contribution is -0.136. The molecular weight excluding hydrogens is 336 g/mol. The van der Waals surface area contributed by atoms with Crippen molar-refractivity contribution in [2.45, 2.75) is 13.3 Å². The number of hydrogen-bond donors (Lipinski definition) is 2. The van der Waals surface area contributed by atoms with Crippen LogP contribution in [-0.2, 0) is 20.8 Å². The van der Waals surface area contributed by atoms with Gasteiger partial charge >= 0.3 is 5.97 Å². The number of nitriles is 1. The average Bonchev–Trinajstić information content (AvgIpc) is 2.63. The molecule has 8 heteroatoms. The second kappa shape index (κ2) is 8.67. The Kier molecular flexibility index (Phi) is 6.33. The standard InChI is InChI=1S/C18H20N4O4/c1-13(23)21-6-8-22(9-7-21)18(26)15(11-19)12-20-16-4-2-14(3-5-16)10-17(24)25/h2-5,12,20H,6-10H2,1H3,(H,24,25)/b15-12-. The van der Waals surface area contributed by atoms with Gasteiger partial charge in [-0.05, 0) is 17.7 Å². The number of nitrogens with zero attached hydrogens (tertiary/aromatic N) is 3. The van der Waals surface area contributed by atoms with Gasteiger partial charge in [0.1, 0.15) is 11.6 Å². The van der Waals surface area contributed by atoms with E-state index in [1.807, 2.05) is 6.07 Å². The minimum atomic E-state index is -0.909. The summed E-state index contributed by atoms with van der Waals surface area (Å²) in [6.07, 6.45) is 1.27. The summed E-state index contributed by atoms with van der Waals surface area (Å²) >= 11 is 0. The summed E-state index contributed by atoms with van der Waals surface area (Å²) in [5.74, 6) is -1.32. The molecule has 0 unspecified atom stereocenters. The Morgan fingerprint density at radius 2 is 1.73 bits per heavy atom. The number of carboxylic acids is 1. The molecule has 2 rings (SSSR count). The van der Waals surface area contributed by atoms with Crippen LogP contribution in [0.25, 0.3) is 0 Å². The van der Waals surface area contributed by atoms with Gasteiger partial charge in [0.05, 0.1) is 6.42 Å². The number of nitrogens with one attached hydrogen (secondary N) is 1. The van der Waals surface area contributed by atoms with E-state index < -0.39 is 5.97 Å². The van der Waals surface area contributed by atoms with Crippen LogP contribution in [0, 0.1) is 11.3 Å². The normalized spacial score (nSPS) is 14.5. The number of benzene rings is 1. The van der Waals surface area contributed by atoms with Gasteiger partial charge in [-0.2, -0.15) is 5.26 Å². The molecule has 1 aromatic rings. The Bertz CT molecular complexity index is 756. The Labute approximate surface area is 151 Å². The Morgan fingerprint density at radius 3 is 2.23 bits per heavy atom. The number of rotatable bonds is 5. The third kappa shape index (κ3) is 5.08. The van der Waals surface area contributed by atoms with E-state index in [0.29, 0.717) is 37.4 Å². The molecule has 0 spiro atoms. The molecule has 1 heterocycles. The highest BCUT2D eigenvalue weighted by molar-refractivity contribution is 5.97. The van der Waals surface area contributed by atoms with Crippen molar-refractivity contribution in [2.75, 3.05) is 31.5 Å². The predicted octanol–water partition coefficient (Wildman–Crippen LogP) is 0.824. The summed E-state index contributed by atoms with van der Waals surface area (Å²) in [7, 11) is 0. The third-order valence-corrected chi connectivity index (χ3v) is 4.06. The van der Waals surface area contributed by atoms with Gasteiger partial charge in [0.15, 0.2) is 0 Å². The molecular formula is C18H20N4O4. The van der Waals surface area contributed by atoms with E-state index in [-0.39, 0.29) is 23.8 Å². The molecule has 0 atom stereocenters. The van der Waals surface area contributed by atoms with E-state index in [1.165, 1.54) is 13.1 Å². The molecule has 1 saturated heterocycles. The van der Waals surface area contributed by atoms with Gasteiger partial charge in [-0.25, -0.2) is 0 Å². The first-order valence-electron chi connectivity index (χ1n) is 8.13. The maximum absolute atomic E-state index is 12.4. The van der Waals surface area contributed by atoms with Crippen molar-refractivity contribution in [3.05, 3.63) is 41.6 Å². The van der Waals surface area contributed by atoms with Crippen LogP contribution < -0.4 is 5.32 Å². The van der Waals surface area contributed by atoms with Gasteiger partial charge in [-0.3, -0.25) is 14.4 Å². The number of carbonyl (C=O) groups is 3. The van der Waals surface area contributed by atoms with Crippen LogP contribution in [0.15, 0.2) is 36.0 Å². The van der Waals surface area contributed by atoms with Crippen molar-refractivity contribution < 1.29 is 19.5 Å². The van der Waals surface area contributed by atoms with Crippen LogP contribution in [0.5, 0.6) is 0 Å². The van der Waals surface area contributed by atoms with Gasteiger partial charge in [0, 0.05) is 45.0 Å². The average molecular weight is 356 g/mol. The number of carbonyl (C=O) groups excluding carboxylic acids is 2. The van der Waals surface area contributed by atoms with Gasteiger partial charge in [0.2, 0.25) is 5.91 Å². The smallest absolute Gasteiger partial charge is 0.307 e. The zero-order chi connectivity index (χ0) is 19.1. The van der Waals surface area contributed by atoms with E-state index in [1.54, 1.807) is 34.1 Å². The largest absolute Gasteiger partial charge is 0.481 e. The molecule has 0 aromatic heterocycles. The zero-order valence-electron chi connectivity index (χ0n) is 14.4. The van der Waals surface area contributed by atoms with Crippen LogP contribution in [0.3, 0.4) is 0 Å². The summed E-state index contributed by atoms with van der Waals surface area (Å²) < 4.78 is 0. The van der Waals surface area contributed by atoms with Crippen molar-refractivity contribution in [3.8, 4) is 6.07 Å². The molecule has 0 bridgehead atoms. The Hall–Kier alpha value is -3.34. The maximum Gasteiger partial charge on any atom is 0.307 e. The summed E-state index contributed by atoms with van der Waals surface area (Å²) in [5.41, 5.74) is 1.27. The molecule has 0 aliphatic carbocycles. The van der Waals surface area contributed by atoms with E-state index in [9.17, 15) is 19.6 Å². The van der Waals surface area contributed by atoms with Crippen LogP contribution in [0.1, 0.15) is 12.5 Å². The molecule has 1 fully saturated rings. The van der Waals surface area contributed by atoms with Gasteiger partial charge < -0.3 is 20.2 Å². The van der Waals surface area contributed by atoms with Crippen LogP contribution in [0.2, 0.25) is 0 Å². The monoisotopic (exact) mass is 356 g/mol. The molecule has 0 saturated carbocycles.